The molecule has 1 aliphatic rings. The number of rotatable bonds is 13. The SMILES string of the molecule is CCCCCCCOC(=O)C1CCC(O)(c2ccc(OCCCCC)cc2)CC1. The molecular formula is C25H40O4. The monoisotopic (exact) mass is 404 g/mol. The predicted molar refractivity (Wildman–Crippen MR) is 117 cm³/mol. The molecule has 0 atom stereocenters. The maximum absolute atomic E-state index is 12.3. The van der Waals surface area contributed by atoms with Gasteiger partial charge in [0, 0.05) is 0 Å². The van der Waals surface area contributed by atoms with Gasteiger partial charge in [-0.15, -0.1) is 0 Å². The van der Waals surface area contributed by atoms with Crippen LogP contribution >= 0.6 is 0 Å². The largest absolute Gasteiger partial charge is 0.494 e. The minimum atomic E-state index is -0.850. The molecule has 0 saturated heterocycles. The molecule has 0 spiro atoms. The second-order valence-electron chi connectivity index (χ2n) is 8.47. The van der Waals surface area contributed by atoms with Crippen molar-refractivity contribution in [3.05, 3.63) is 29.8 Å². The molecule has 1 saturated carbocycles. The first-order valence-corrected chi connectivity index (χ1v) is 11.7. The van der Waals surface area contributed by atoms with Crippen LogP contribution in [0.2, 0.25) is 0 Å². The van der Waals surface area contributed by atoms with Crippen LogP contribution in [-0.2, 0) is 15.1 Å². The topological polar surface area (TPSA) is 55.8 Å². The van der Waals surface area contributed by atoms with Gasteiger partial charge in [-0.05, 0) is 56.2 Å². The first-order valence-electron chi connectivity index (χ1n) is 11.7. The van der Waals surface area contributed by atoms with E-state index in [0.717, 1.165) is 37.2 Å². The van der Waals surface area contributed by atoms with Gasteiger partial charge >= 0.3 is 5.97 Å². The molecule has 29 heavy (non-hydrogen) atoms. The lowest BCUT2D eigenvalue weighted by atomic mass is 9.75. The first-order chi connectivity index (χ1) is 14.1. The van der Waals surface area contributed by atoms with Crippen molar-refractivity contribution in [2.45, 2.75) is 96.5 Å². The van der Waals surface area contributed by atoms with Gasteiger partial charge in [0.15, 0.2) is 0 Å². The maximum Gasteiger partial charge on any atom is 0.308 e. The molecular weight excluding hydrogens is 364 g/mol. The molecule has 4 nitrogen and oxygen atoms in total. The standard InChI is InChI=1S/C25H40O4/c1-3-5-7-8-10-20-29-24(26)21-15-17-25(27,18-16-21)22-11-13-23(14-12-22)28-19-9-6-4-2/h11-14,21,27H,3-10,15-20H2,1-2H3. The van der Waals surface area contributed by atoms with Crippen molar-refractivity contribution in [2.24, 2.45) is 5.92 Å². The van der Waals surface area contributed by atoms with Crippen LogP contribution in [0.3, 0.4) is 0 Å². The van der Waals surface area contributed by atoms with Crippen LogP contribution in [0.4, 0.5) is 0 Å². The lowest BCUT2D eigenvalue weighted by molar-refractivity contribution is -0.152. The molecule has 1 aromatic carbocycles. The van der Waals surface area contributed by atoms with Crippen molar-refractivity contribution >= 4 is 5.97 Å². The summed E-state index contributed by atoms with van der Waals surface area (Å²) in [6.45, 7) is 5.64. The highest BCUT2D eigenvalue weighted by atomic mass is 16.5. The molecule has 0 bridgehead atoms. The van der Waals surface area contributed by atoms with E-state index in [2.05, 4.69) is 13.8 Å². The van der Waals surface area contributed by atoms with Gasteiger partial charge in [0.2, 0.25) is 0 Å². The van der Waals surface area contributed by atoms with Crippen LogP contribution in [0.5, 0.6) is 5.75 Å². The Hall–Kier alpha value is -1.55. The van der Waals surface area contributed by atoms with E-state index in [0.29, 0.717) is 32.3 Å². The van der Waals surface area contributed by atoms with Crippen molar-refractivity contribution in [1.82, 2.24) is 0 Å². The van der Waals surface area contributed by atoms with E-state index in [1.165, 1.54) is 32.1 Å². The van der Waals surface area contributed by atoms with Crippen molar-refractivity contribution in [1.29, 1.82) is 0 Å². The van der Waals surface area contributed by atoms with E-state index in [1.54, 1.807) is 0 Å². The smallest absolute Gasteiger partial charge is 0.308 e. The Bertz CT molecular complexity index is 573. The molecule has 164 valence electrons. The number of carbonyl (C=O) groups excluding carboxylic acids is 1. The first kappa shape index (κ1) is 23.7. The molecule has 1 aromatic rings. The zero-order chi connectivity index (χ0) is 21.0. The summed E-state index contributed by atoms with van der Waals surface area (Å²) in [7, 11) is 0. The Labute approximate surface area is 177 Å². The number of ether oxygens (including phenoxy) is 2. The Morgan fingerprint density at radius 2 is 1.52 bits per heavy atom. The second kappa shape index (κ2) is 12.9. The van der Waals surface area contributed by atoms with Gasteiger partial charge in [0.05, 0.1) is 24.7 Å². The third kappa shape index (κ3) is 8.00. The normalized spacial score (nSPS) is 21.7. The van der Waals surface area contributed by atoms with E-state index in [-0.39, 0.29) is 11.9 Å². The lowest BCUT2D eigenvalue weighted by Crippen LogP contribution is -2.34. The molecule has 1 N–H and O–H groups in total. The fourth-order valence-corrected chi connectivity index (χ4v) is 4.02. The van der Waals surface area contributed by atoms with Crippen molar-refractivity contribution in [2.75, 3.05) is 13.2 Å². The zero-order valence-electron chi connectivity index (χ0n) is 18.5. The molecule has 4 heteroatoms. The summed E-state index contributed by atoms with van der Waals surface area (Å²) < 4.78 is 11.2. The van der Waals surface area contributed by atoms with Gasteiger partial charge in [-0.3, -0.25) is 4.79 Å². The summed E-state index contributed by atoms with van der Waals surface area (Å²) in [5.41, 5.74) is 0.0682. The molecule has 0 aliphatic heterocycles. The predicted octanol–water partition coefficient (Wildman–Crippen LogP) is 6.15. The highest BCUT2D eigenvalue weighted by Gasteiger charge is 2.37. The third-order valence-electron chi connectivity index (χ3n) is 6.05. The van der Waals surface area contributed by atoms with Crippen LogP contribution in [0.15, 0.2) is 24.3 Å². The number of esters is 1. The van der Waals surface area contributed by atoms with Crippen LogP contribution in [-0.4, -0.2) is 24.3 Å². The molecule has 0 amide bonds. The molecule has 0 radical (unpaired) electrons. The minimum absolute atomic E-state index is 0.0768. The van der Waals surface area contributed by atoms with E-state index in [1.807, 2.05) is 24.3 Å². The molecule has 0 aromatic heterocycles. The molecule has 1 aliphatic carbocycles. The fourth-order valence-electron chi connectivity index (χ4n) is 4.02. The quantitative estimate of drug-likeness (QED) is 0.316. The van der Waals surface area contributed by atoms with E-state index in [4.69, 9.17) is 9.47 Å². The van der Waals surface area contributed by atoms with Crippen LogP contribution in [0, 0.1) is 5.92 Å². The summed E-state index contributed by atoms with van der Waals surface area (Å²) in [4.78, 5) is 12.3. The molecule has 1 fully saturated rings. The maximum atomic E-state index is 12.3. The fraction of sp³-hybridized carbons (Fsp3) is 0.720. The van der Waals surface area contributed by atoms with Gasteiger partial charge in [0.1, 0.15) is 5.75 Å². The number of aliphatic hydroxyl groups is 1. The van der Waals surface area contributed by atoms with Crippen LogP contribution in [0.25, 0.3) is 0 Å². The van der Waals surface area contributed by atoms with E-state index in [9.17, 15) is 9.90 Å². The number of benzene rings is 1. The Morgan fingerprint density at radius 1 is 0.931 bits per heavy atom. The van der Waals surface area contributed by atoms with Gasteiger partial charge < -0.3 is 14.6 Å². The molecule has 0 heterocycles. The van der Waals surface area contributed by atoms with Crippen LogP contribution in [0.1, 0.15) is 96.5 Å². The number of unbranched alkanes of at least 4 members (excludes halogenated alkanes) is 6. The van der Waals surface area contributed by atoms with Crippen molar-refractivity contribution < 1.29 is 19.4 Å². The summed E-state index contributed by atoms with van der Waals surface area (Å²) in [6, 6.07) is 7.81. The summed E-state index contributed by atoms with van der Waals surface area (Å²) >= 11 is 0. The van der Waals surface area contributed by atoms with Gasteiger partial charge in [0.25, 0.3) is 0 Å². The number of hydrogen-bond acceptors (Lipinski definition) is 4. The van der Waals surface area contributed by atoms with Crippen LogP contribution < -0.4 is 4.74 Å². The van der Waals surface area contributed by atoms with E-state index >= 15 is 0 Å². The van der Waals surface area contributed by atoms with Gasteiger partial charge in [-0.2, -0.15) is 0 Å². The molecule has 0 unspecified atom stereocenters. The van der Waals surface area contributed by atoms with Gasteiger partial charge in [-0.25, -0.2) is 0 Å². The third-order valence-corrected chi connectivity index (χ3v) is 6.05. The molecule has 2 rings (SSSR count). The average Bonchev–Trinajstić information content (AvgIpc) is 2.74. The van der Waals surface area contributed by atoms with E-state index < -0.39 is 5.60 Å². The Balaban J connectivity index is 1.73. The zero-order valence-corrected chi connectivity index (χ0v) is 18.5. The lowest BCUT2D eigenvalue weighted by Gasteiger charge is -2.35. The second-order valence-corrected chi connectivity index (χ2v) is 8.47. The minimum Gasteiger partial charge on any atom is -0.494 e. The summed E-state index contributed by atoms with van der Waals surface area (Å²) in [5.74, 6) is 0.690. The number of hydrogen-bond donors (Lipinski definition) is 1. The Morgan fingerprint density at radius 3 is 2.17 bits per heavy atom. The Kier molecular flexibility index (Phi) is 10.5. The average molecular weight is 405 g/mol. The van der Waals surface area contributed by atoms with Crippen molar-refractivity contribution in [3.8, 4) is 5.75 Å². The highest BCUT2D eigenvalue weighted by molar-refractivity contribution is 5.72. The highest BCUT2D eigenvalue weighted by Crippen LogP contribution is 2.40. The summed E-state index contributed by atoms with van der Waals surface area (Å²) in [6.07, 6.45) is 11.8. The van der Waals surface area contributed by atoms with Gasteiger partial charge in [-0.1, -0.05) is 64.5 Å². The number of carbonyl (C=O) groups is 1. The van der Waals surface area contributed by atoms with Crippen molar-refractivity contribution in [3.63, 3.8) is 0 Å². The summed E-state index contributed by atoms with van der Waals surface area (Å²) in [5, 5.41) is 11.1.